The molecule has 0 spiro atoms. The number of benzene rings is 1. The van der Waals surface area contributed by atoms with Gasteiger partial charge in [-0.1, -0.05) is 23.4 Å². The second-order valence-electron chi connectivity index (χ2n) is 3.44. The van der Waals surface area contributed by atoms with Crippen molar-refractivity contribution in [1.29, 1.82) is 0 Å². The lowest BCUT2D eigenvalue weighted by atomic mass is 10.3. The highest BCUT2D eigenvalue weighted by atomic mass is 16.5. The van der Waals surface area contributed by atoms with Crippen molar-refractivity contribution in [2.75, 3.05) is 0 Å². The molecule has 0 unspecified atom stereocenters. The Hall–Kier alpha value is -1.88. The van der Waals surface area contributed by atoms with Crippen molar-refractivity contribution in [1.82, 2.24) is 10.1 Å². The number of rotatable bonds is 4. The maximum Gasteiger partial charge on any atom is 0.243 e. The van der Waals surface area contributed by atoms with E-state index < -0.39 is 0 Å². The van der Waals surface area contributed by atoms with Gasteiger partial charge >= 0.3 is 0 Å². The number of nitrogens with zero attached hydrogens (tertiary/aromatic N) is 2. The van der Waals surface area contributed by atoms with Gasteiger partial charge in [-0.15, -0.1) is 0 Å². The van der Waals surface area contributed by atoms with E-state index in [2.05, 4.69) is 10.1 Å². The number of aromatic nitrogens is 2. The SMILES string of the molecule is C[C@H](N)c1nc(COc2ccccc2)no1. The highest BCUT2D eigenvalue weighted by molar-refractivity contribution is 5.20. The summed E-state index contributed by atoms with van der Waals surface area (Å²) in [6.45, 7) is 2.07. The third-order valence-electron chi connectivity index (χ3n) is 1.98. The van der Waals surface area contributed by atoms with Gasteiger partial charge in [0.25, 0.3) is 0 Å². The van der Waals surface area contributed by atoms with Crippen molar-refractivity contribution in [3.05, 3.63) is 42.0 Å². The molecule has 1 aromatic carbocycles. The summed E-state index contributed by atoms with van der Waals surface area (Å²) in [7, 11) is 0. The molecule has 5 heteroatoms. The van der Waals surface area contributed by atoms with Crippen molar-refractivity contribution in [2.24, 2.45) is 5.73 Å². The minimum atomic E-state index is -0.252. The van der Waals surface area contributed by atoms with Crippen LogP contribution in [0.3, 0.4) is 0 Å². The average molecular weight is 219 g/mol. The van der Waals surface area contributed by atoms with E-state index in [1.54, 1.807) is 6.92 Å². The van der Waals surface area contributed by atoms with Gasteiger partial charge in [-0.3, -0.25) is 0 Å². The summed E-state index contributed by atoms with van der Waals surface area (Å²) in [5.41, 5.74) is 5.60. The Kier molecular flexibility index (Phi) is 3.16. The predicted octanol–water partition coefficient (Wildman–Crippen LogP) is 1.67. The van der Waals surface area contributed by atoms with E-state index in [1.165, 1.54) is 0 Å². The zero-order valence-corrected chi connectivity index (χ0v) is 8.96. The fourth-order valence-electron chi connectivity index (χ4n) is 1.18. The molecule has 0 aliphatic carbocycles. The van der Waals surface area contributed by atoms with Gasteiger partial charge in [0.15, 0.2) is 6.61 Å². The second-order valence-corrected chi connectivity index (χ2v) is 3.44. The van der Waals surface area contributed by atoms with Crippen molar-refractivity contribution in [2.45, 2.75) is 19.6 Å². The average Bonchev–Trinajstić information content (AvgIpc) is 2.76. The number of para-hydroxylation sites is 1. The van der Waals surface area contributed by atoms with Crippen LogP contribution < -0.4 is 10.5 Å². The molecule has 0 amide bonds. The standard InChI is InChI=1S/C11H13N3O2/c1-8(12)11-13-10(14-16-11)7-15-9-5-3-2-4-6-9/h2-6,8H,7,12H2,1H3/t8-/m0/s1. The second kappa shape index (κ2) is 4.76. The number of hydrogen-bond donors (Lipinski definition) is 1. The Labute approximate surface area is 93.2 Å². The summed E-state index contributed by atoms with van der Waals surface area (Å²) in [6, 6.07) is 9.21. The molecule has 1 aromatic heterocycles. The van der Waals surface area contributed by atoms with Gasteiger partial charge in [0.05, 0.1) is 6.04 Å². The van der Waals surface area contributed by atoms with Crippen molar-refractivity contribution < 1.29 is 9.26 Å². The summed E-state index contributed by atoms with van der Waals surface area (Å²) in [4.78, 5) is 4.10. The van der Waals surface area contributed by atoms with E-state index in [1.807, 2.05) is 30.3 Å². The molecule has 0 radical (unpaired) electrons. The highest BCUT2D eigenvalue weighted by Crippen LogP contribution is 2.11. The Morgan fingerprint density at radius 1 is 1.38 bits per heavy atom. The largest absolute Gasteiger partial charge is 0.485 e. The van der Waals surface area contributed by atoms with Crippen LogP contribution in [0.5, 0.6) is 5.75 Å². The number of ether oxygens (including phenoxy) is 1. The molecule has 1 heterocycles. The van der Waals surface area contributed by atoms with Crippen LogP contribution in [0, 0.1) is 0 Å². The lowest BCUT2D eigenvalue weighted by Gasteiger charge is -2.01. The van der Waals surface area contributed by atoms with Crippen molar-refractivity contribution in [3.8, 4) is 5.75 Å². The molecule has 2 aromatic rings. The van der Waals surface area contributed by atoms with Gasteiger partial charge in [0, 0.05) is 0 Å². The highest BCUT2D eigenvalue weighted by Gasteiger charge is 2.10. The summed E-state index contributed by atoms with van der Waals surface area (Å²) in [6.07, 6.45) is 0. The molecule has 5 nitrogen and oxygen atoms in total. The maximum atomic E-state index is 5.60. The van der Waals surface area contributed by atoms with Gasteiger partial charge in [0.2, 0.25) is 11.7 Å². The first-order valence-corrected chi connectivity index (χ1v) is 5.01. The van der Waals surface area contributed by atoms with Crippen LogP contribution >= 0.6 is 0 Å². The third kappa shape index (κ3) is 2.58. The van der Waals surface area contributed by atoms with Gasteiger partial charge in [-0.2, -0.15) is 4.98 Å². The first kappa shape index (κ1) is 10.6. The molecular weight excluding hydrogens is 206 g/mol. The summed E-state index contributed by atoms with van der Waals surface area (Å²) >= 11 is 0. The van der Waals surface area contributed by atoms with Crippen molar-refractivity contribution >= 4 is 0 Å². The van der Waals surface area contributed by atoms with E-state index in [0.717, 1.165) is 5.75 Å². The summed E-state index contributed by atoms with van der Waals surface area (Å²) in [5.74, 6) is 1.69. The van der Waals surface area contributed by atoms with Crippen LogP contribution in [-0.4, -0.2) is 10.1 Å². The first-order chi connectivity index (χ1) is 7.75. The van der Waals surface area contributed by atoms with E-state index in [-0.39, 0.29) is 12.6 Å². The minimum absolute atomic E-state index is 0.252. The monoisotopic (exact) mass is 219 g/mol. The number of hydrogen-bond acceptors (Lipinski definition) is 5. The Bertz CT molecular complexity index is 440. The van der Waals surface area contributed by atoms with Crippen LogP contribution in [-0.2, 0) is 6.61 Å². The summed E-state index contributed by atoms with van der Waals surface area (Å²) in [5, 5.41) is 3.76. The summed E-state index contributed by atoms with van der Waals surface area (Å²) < 4.78 is 10.4. The lowest BCUT2D eigenvalue weighted by Crippen LogP contribution is -2.05. The van der Waals surface area contributed by atoms with E-state index in [9.17, 15) is 0 Å². The zero-order valence-electron chi connectivity index (χ0n) is 8.96. The van der Waals surface area contributed by atoms with Crippen LogP contribution in [0.1, 0.15) is 24.7 Å². The molecule has 2 N–H and O–H groups in total. The van der Waals surface area contributed by atoms with Gasteiger partial charge in [-0.25, -0.2) is 0 Å². The van der Waals surface area contributed by atoms with Gasteiger partial charge in [0.1, 0.15) is 5.75 Å². The molecule has 1 atom stereocenters. The first-order valence-electron chi connectivity index (χ1n) is 5.01. The minimum Gasteiger partial charge on any atom is -0.485 e. The third-order valence-corrected chi connectivity index (χ3v) is 1.98. The molecular formula is C11H13N3O2. The van der Waals surface area contributed by atoms with Crippen LogP contribution in [0.15, 0.2) is 34.9 Å². The van der Waals surface area contributed by atoms with Gasteiger partial charge in [-0.05, 0) is 19.1 Å². The smallest absolute Gasteiger partial charge is 0.243 e. The Balaban J connectivity index is 1.95. The topological polar surface area (TPSA) is 74.2 Å². The zero-order chi connectivity index (χ0) is 11.4. The van der Waals surface area contributed by atoms with E-state index >= 15 is 0 Å². The molecule has 0 aliphatic rings. The fourth-order valence-corrected chi connectivity index (χ4v) is 1.18. The van der Waals surface area contributed by atoms with Crippen LogP contribution in [0.25, 0.3) is 0 Å². The molecule has 0 aliphatic heterocycles. The molecule has 2 rings (SSSR count). The molecule has 16 heavy (non-hydrogen) atoms. The molecule has 0 fully saturated rings. The number of nitrogens with two attached hydrogens (primary N) is 1. The molecule has 84 valence electrons. The van der Waals surface area contributed by atoms with E-state index in [0.29, 0.717) is 11.7 Å². The van der Waals surface area contributed by atoms with Crippen molar-refractivity contribution in [3.63, 3.8) is 0 Å². The fraction of sp³-hybridized carbons (Fsp3) is 0.273. The lowest BCUT2D eigenvalue weighted by molar-refractivity contribution is 0.284. The quantitative estimate of drug-likeness (QED) is 0.846. The predicted molar refractivity (Wildman–Crippen MR) is 57.7 cm³/mol. The molecule has 0 bridgehead atoms. The van der Waals surface area contributed by atoms with E-state index in [4.69, 9.17) is 15.0 Å². The maximum absolute atomic E-state index is 5.60. The van der Waals surface area contributed by atoms with Crippen LogP contribution in [0.2, 0.25) is 0 Å². The Morgan fingerprint density at radius 2 is 2.12 bits per heavy atom. The normalized spacial score (nSPS) is 12.4. The molecule has 0 saturated heterocycles. The Morgan fingerprint density at radius 3 is 2.75 bits per heavy atom. The van der Waals surface area contributed by atoms with Crippen LogP contribution in [0.4, 0.5) is 0 Å². The molecule has 0 saturated carbocycles. The van der Waals surface area contributed by atoms with Gasteiger partial charge < -0.3 is 15.0 Å².